The van der Waals surface area contributed by atoms with Crippen molar-refractivity contribution in [2.24, 2.45) is 0 Å². The Morgan fingerprint density at radius 1 is 1.12 bits per heavy atom. The highest BCUT2D eigenvalue weighted by Crippen LogP contribution is 2.38. The second kappa shape index (κ2) is 8.15. The average molecular weight is 427 g/mol. The number of anilines is 1. The minimum absolute atomic E-state index is 0.188. The van der Waals surface area contributed by atoms with Crippen LogP contribution in [0.25, 0.3) is 27.4 Å². The summed E-state index contributed by atoms with van der Waals surface area (Å²) in [5.74, 6) is 1.60. The van der Waals surface area contributed by atoms with Gasteiger partial charge in [-0.1, -0.05) is 6.07 Å². The van der Waals surface area contributed by atoms with Crippen LogP contribution in [0.3, 0.4) is 0 Å². The van der Waals surface area contributed by atoms with Crippen LogP contribution in [0.1, 0.15) is 42.3 Å². The molecule has 1 amide bonds. The molecule has 0 saturated carbocycles. The minimum atomic E-state index is -0.188. The smallest absolute Gasteiger partial charge is 0.248 e. The number of aromatic nitrogens is 1. The fourth-order valence-electron chi connectivity index (χ4n) is 4.58. The van der Waals surface area contributed by atoms with E-state index >= 15 is 0 Å². The van der Waals surface area contributed by atoms with Gasteiger partial charge in [0.25, 0.3) is 0 Å². The van der Waals surface area contributed by atoms with Crippen molar-refractivity contribution in [2.75, 3.05) is 12.4 Å². The molecular weight excluding hydrogens is 400 g/mol. The summed E-state index contributed by atoms with van der Waals surface area (Å²) in [5, 5.41) is 5.05. The third-order valence-electron chi connectivity index (χ3n) is 6.18. The number of fused-ring (bicyclic) bond motifs is 4. The maximum Gasteiger partial charge on any atom is 0.248 e. The van der Waals surface area contributed by atoms with E-state index in [9.17, 15) is 4.79 Å². The Balaban J connectivity index is 1.49. The number of ether oxygens (including phenoxy) is 1. The van der Waals surface area contributed by atoms with Crippen LogP contribution < -0.4 is 10.1 Å². The number of methoxy groups -OCH3 is 1. The van der Waals surface area contributed by atoms with Crippen LogP contribution in [-0.4, -0.2) is 18.0 Å². The largest absolute Gasteiger partial charge is 0.496 e. The number of hydrogen-bond donors (Lipinski definition) is 1. The number of hydrogen-bond acceptors (Lipinski definition) is 4. The van der Waals surface area contributed by atoms with E-state index in [2.05, 4.69) is 16.4 Å². The number of aryl methyl sites for hydroxylation is 3. The quantitative estimate of drug-likeness (QED) is 0.394. The van der Waals surface area contributed by atoms with E-state index in [-0.39, 0.29) is 5.91 Å². The maximum atomic E-state index is 12.9. The summed E-state index contributed by atoms with van der Waals surface area (Å²) in [4.78, 5) is 17.4. The van der Waals surface area contributed by atoms with Gasteiger partial charge in [-0.25, -0.2) is 0 Å². The summed E-state index contributed by atoms with van der Waals surface area (Å²) in [6.07, 6.45) is 5.99. The van der Waals surface area contributed by atoms with Crippen molar-refractivity contribution in [3.63, 3.8) is 0 Å². The Hall–Kier alpha value is -3.60. The van der Waals surface area contributed by atoms with E-state index in [0.717, 1.165) is 63.0 Å². The molecule has 0 radical (unpaired) electrons. The zero-order valence-corrected chi connectivity index (χ0v) is 18.6. The van der Waals surface area contributed by atoms with Crippen LogP contribution in [-0.2, 0) is 17.6 Å². The SMILES string of the molecule is COc1cc2oc3c(c2cc1/C(C)=C/C(=O)Nc1cccc2nc(C)ccc12)CCCC3. The number of carbonyl (C=O) groups is 1. The molecule has 5 rings (SSSR count). The Kier molecular flexibility index (Phi) is 5.17. The second-order valence-electron chi connectivity index (χ2n) is 8.40. The number of carbonyl (C=O) groups excluding carboxylic acids is 1. The fourth-order valence-corrected chi connectivity index (χ4v) is 4.58. The molecule has 2 heterocycles. The summed E-state index contributed by atoms with van der Waals surface area (Å²) in [6, 6.07) is 13.7. The summed E-state index contributed by atoms with van der Waals surface area (Å²) in [6.45, 7) is 3.89. The first-order chi connectivity index (χ1) is 15.5. The first-order valence-corrected chi connectivity index (χ1v) is 11.0. The number of benzene rings is 2. The lowest BCUT2D eigenvalue weighted by Gasteiger charge is -2.11. The first kappa shape index (κ1) is 20.3. The van der Waals surface area contributed by atoms with E-state index in [1.54, 1.807) is 13.2 Å². The molecule has 5 heteroatoms. The number of amides is 1. The second-order valence-corrected chi connectivity index (χ2v) is 8.40. The number of rotatable bonds is 4. The molecule has 0 saturated heterocycles. The first-order valence-electron chi connectivity index (χ1n) is 11.0. The Morgan fingerprint density at radius 3 is 2.81 bits per heavy atom. The number of furan rings is 1. The van der Waals surface area contributed by atoms with Gasteiger partial charge in [0.2, 0.25) is 5.91 Å². The van der Waals surface area contributed by atoms with Gasteiger partial charge in [0.05, 0.1) is 18.3 Å². The minimum Gasteiger partial charge on any atom is -0.496 e. The maximum absolute atomic E-state index is 12.9. The monoisotopic (exact) mass is 426 g/mol. The molecular formula is C27H26N2O3. The van der Waals surface area contributed by atoms with E-state index in [1.807, 2.05) is 50.2 Å². The molecule has 2 aromatic carbocycles. The molecule has 162 valence electrons. The van der Waals surface area contributed by atoms with Crippen molar-refractivity contribution in [3.05, 3.63) is 71.1 Å². The van der Waals surface area contributed by atoms with E-state index in [1.165, 1.54) is 18.4 Å². The topological polar surface area (TPSA) is 64.4 Å². The lowest BCUT2D eigenvalue weighted by Crippen LogP contribution is -2.09. The molecule has 5 nitrogen and oxygen atoms in total. The summed E-state index contributed by atoms with van der Waals surface area (Å²) < 4.78 is 11.7. The highest BCUT2D eigenvalue weighted by molar-refractivity contribution is 6.08. The van der Waals surface area contributed by atoms with Crippen molar-refractivity contribution >= 4 is 39.0 Å². The Labute approximate surface area is 187 Å². The van der Waals surface area contributed by atoms with Crippen molar-refractivity contribution in [3.8, 4) is 5.75 Å². The highest BCUT2D eigenvalue weighted by Gasteiger charge is 2.20. The van der Waals surface area contributed by atoms with E-state index in [4.69, 9.17) is 9.15 Å². The number of pyridine rings is 1. The summed E-state index contributed by atoms with van der Waals surface area (Å²) in [5.41, 5.74) is 6.44. The molecule has 32 heavy (non-hydrogen) atoms. The third-order valence-corrected chi connectivity index (χ3v) is 6.18. The van der Waals surface area contributed by atoms with Gasteiger partial charge in [-0.15, -0.1) is 0 Å². The predicted octanol–water partition coefficient (Wildman–Crippen LogP) is 6.22. The molecule has 1 aliphatic carbocycles. The van der Waals surface area contributed by atoms with Crippen LogP contribution in [0.2, 0.25) is 0 Å². The molecule has 0 bridgehead atoms. The summed E-state index contributed by atoms with van der Waals surface area (Å²) in [7, 11) is 1.64. The third kappa shape index (κ3) is 3.64. The van der Waals surface area contributed by atoms with Gasteiger partial charge >= 0.3 is 0 Å². The zero-order chi connectivity index (χ0) is 22.2. The lowest BCUT2D eigenvalue weighted by atomic mass is 9.94. The van der Waals surface area contributed by atoms with Crippen LogP contribution in [0, 0.1) is 6.92 Å². The van der Waals surface area contributed by atoms with Gasteiger partial charge in [0.15, 0.2) is 0 Å². The van der Waals surface area contributed by atoms with Gasteiger partial charge in [-0.2, -0.15) is 0 Å². The van der Waals surface area contributed by atoms with Gasteiger partial charge in [-0.3, -0.25) is 9.78 Å². The molecule has 0 fully saturated rings. The van der Waals surface area contributed by atoms with Crippen LogP contribution in [0.15, 0.2) is 53.0 Å². The van der Waals surface area contributed by atoms with Crippen molar-refractivity contribution in [1.29, 1.82) is 0 Å². The molecule has 2 aromatic heterocycles. The summed E-state index contributed by atoms with van der Waals surface area (Å²) >= 11 is 0. The lowest BCUT2D eigenvalue weighted by molar-refractivity contribution is -0.111. The van der Waals surface area contributed by atoms with E-state index in [0.29, 0.717) is 5.75 Å². The average Bonchev–Trinajstić information content (AvgIpc) is 3.15. The number of nitrogens with one attached hydrogen (secondary N) is 1. The molecule has 1 N–H and O–H groups in total. The molecule has 0 spiro atoms. The van der Waals surface area contributed by atoms with E-state index < -0.39 is 0 Å². The molecule has 0 atom stereocenters. The van der Waals surface area contributed by atoms with Crippen molar-refractivity contribution in [2.45, 2.75) is 39.5 Å². The van der Waals surface area contributed by atoms with Crippen molar-refractivity contribution in [1.82, 2.24) is 4.98 Å². The standard InChI is InChI=1S/C27H26N2O3/c1-16(13-27(30)29-23-9-6-8-22-19(23)12-11-17(2)28-22)20-14-21-18-7-4-5-10-24(18)32-26(21)15-25(20)31-3/h6,8-9,11-15H,4-5,7,10H2,1-3H3,(H,29,30)/b16-13+. The highest BCUT2D eigenvalue weighted by atomic mass is 16.5. The van der Waals surface area contributed by atoms with Crippen LogP contribution >= 0.6 is 0 Å². The predicted molar refractivity (Wildman–Crippen MR) is 128 cm³/mol. The fraction of sp³-hybridized carbons (Fsp3) is 0.259. The molecule has 0 aliphatic heterocycles. The Bertz CT molecular complexity index is 1380. The normalized spacial score (nSPS) is 13.9. The van der Waals surface area contributed by atoms with Gasteiger partial charge in [0.1, 0.15) is 17.1 Å². The molecule has 4 aromatic rings. The number of allylic oxidation sites excluding steroid dienone is 1. The van der Waals surface area contributed by atoms with Crippen LogP contribution in [0.5, 0.6) is 5.75 Å². The number of nitrogens with zero attached hydrogens (tertiary/aromatic N) is 1. The van der Waals surface area contributed by atoms with Gasteiger partial charge in [0, 0.05) is 46.2 Å². The Morgan fingerprint density at radius 2 is 1.97 bits per heavy atom. The zero-order valence-electron chi connectivity index (χ0n) is 18.6. The molecule has 0 unspecified atom stereocenters. The van der Waals surface area contributed by atoms with Gasteiger partial charge < -0.3 is 14.5 Å². The van der Waals surface area contributed by atoms with Gasteiger partial charge in [-0.05, 0) is 69.0 Å². The van der Waals surface area contributed by atoms with Crippen LogP contribution in [0.4, 0.5) is 5.69 Å². The van der Waals surface area contributed by atoms with Crippen molar-refractivity contribution < 1.29 is 13.9 Å². The molecule has 1 aliphatic rings.